The highest BCUT2D eigenvalue weighted by atomic mass is 16.3. The predicted octanol–water partition coefficient (Wildman–Crippen LogP) is 0.781. The summed E-state index contributed by atoms with van der Waals surface area (Å²) in [6.45, 7) is 3.63. The van der Waals surface area contributed by atoms with Crippen molar-refractivity contribution in [2.24, 2.45) is 5.92 Å². The molecule has 1 saturated heterocycles. The van der Waals surface area contributed by atoms with Gasteiger partial charge in [0.15, 0.2) is 0 Å². The third-order valence-corrected chi connectivity index (χ3v) is 3.31. The summed E-state index contributed by atoms with van der Waals surface area (Å²) >= 11 is 0. The zero-order valence-electron chi connectivity index (χ0n) is 9.50. The molecule has 4 nitrogen and oxygen atoms in total. The van der Waals surface area contributed by atoms with E-state index in [9.17, 15) is 10.2 Å². The topological polar surface area (TPSA) is 56.6 Å². The molecule has 2 N–H and O–H groups in total. The SMILES string of the molecule is CC1CCN(c2ccncc2CO)CC1O. The maximum absolute atomic E-state index is 9.85. The fourth-order valence-corrected chi connectivity index (χ4v) is 2.12. The second kappa shape index (κ2) is 4.80. The summed E-state index contributed by atoms with van der Waals surface area (Å²) in [6, 6.07) is 1.90. The number of rotatable bonds is 2. The van der Waals surface area contributed by atoms with Crippen molar-refractivity contribution < 1.29 is 10.2 Å². The van der Waals surface area contributed by atoms with Gasteiger partial charge in [-0.1, -0.05) is 6.92 Å². The van der Waals surface area contributed by atoms with Gasteiger partial charge in [-0.2, -0.15) is 0 Å². The van der Waals surface area contributed by atoms with Crippen LogP contribution in [0, 0.1) is 5.92 Å². The van der Waals surface area contributed by atoms with Gasteiger partial charge in [0.25, 0.3) is 0 Å². The van der Waals surface area contributed by atoms with E-state index in [2.05, 4.69) is 16.8 Å². The minimum Gasteiger partial charge on any atom is -0.392 e. The fourth-order valence-electron chi connectivity index (χ4n) is 2.12. The summed E-state index contributed by atoms with van der Waals surface area (Å²) in [5.74, 6) is 0.357. The van der Waals surface area contributed by atoms with E-state index >= 15 is 0 Å². The normalized spacial score (nSPS) is 25.8. The lowest BCUT2D eigenvalue weighted by atomic mass is 9.95. The van der Waals surface area contributed by atoms with Crippen LogP contribution in [-0.2, 0) is 6.61 Å². The minimum absolute atomic E-state index is 0.00861. The lowest BCUT2D eigenvalue weighted by Gasteiger charge is -2.36. The van der Waals surface area contributed by atoms with E-state index in [1.165, 1.54) is 0 Å². The Labute approximate surface area is 95.5 Å². The molecule has 0 saturated carbocycles. The second-order valence-corrected chi connectivity index (χ2v) is 4.44. The Hall–Kier alpha value is -1.13. The van der Waals surface area contributed by atoms with Gasteiger partial charge in [0.2, 0.25) is 0 Å². The number of aliphatic hydroxyl groups is 2. The van der Waals surface area contributed by atoms with Gasteiger partial charge < -0.3 is 15.1 Å². The molecule has 1 aliphatic rings. The number of aromatic nitrogens is 1. The molecule has 2 unspecified atom stereocenters. The molecule has 1 aromatic rings. The van der Waals surface area contributed by atoms with Crippen LogP contribution in [0.15, 0.2) is 18.5 Å². The Morgan fingerprint density at radius 2 is 2.38 bits per heavy atom. The van der Waals surface area contributed by atoms with Gasteiger partial charge in [-0.25, -0.2) is 0 Å². The molecule has 0 aromatic carbocycles. The van der Waals surface area contributed by atoms with Crippen LogP contribution < -0.4 is 4.90 Å². The molecule has 1 aromatic heterocycles. The van der Waals surface area contributed by atoms with Crippen LogP contribution in [0.2, 0.25) is 0 Å². The number of piperidine rings is 1. The van der Waals surface area contributed by atoms with Crippen LogP contribution in [-0.4, -0.2) is 34.4 Å². The molecule has 0 radical (unpaired) electrons. The van der Waals surface area contributed by atoms with Crippen molar-refractivity contribution >= 4 is 5.69 Å². The first-order valence-electron chi connectivity index (χ1n) is 5.69. The quantitative estimate of drug-likeness (QED) is 0.776. The molecule has 0 spiro atoms. The maximum Gasteiger partial charge on any atom is 0.0741 e. The highest BCUT2D eigenvalue weighted by molar-refractivity contribution is 5.52. The van der Waals surface area contributed by atoms with E-state index in [4.69, 9.17) is 0 Å². The molecule has 4 heteroatoms. The summed E-state index contributed by atoms with van der Waals surface area (Å²) in [4.78, 5) is 6.12. The van der Waals surface area contributed by atoms with Gasteiger partial charge in [0.1, 0.15) is 0 Å². The highest BCUT2D eigenvalue weighted by Crippen LogP contribution is 2.25. The van der Waals surface area contributed by atoms with E-state index in [0.29, 0.717) is 12.5 Å². The maximum atomic E-state index is 9.85. The molecular formula is C12H18N2O2. The summed E-state index contributed by atoms with van der Waals surface area (Å²) in [5, 5.41) is 19.1. The third-order valence-electron chi connectivity index (χ3n) is 3.31. The van der Waals surface area contributed by atoms with Gasteiger partial charge >= 0.3 is 0 Å². The molecule has 0 amide bonds. The molecule has 16 heavy (non-hydrogen) atoms. The van der Waals surface area contributed by atoms with E-state index in [0.717, 1.165) is 24.2 Å². The van der Waals surface area contributed by atoms with E-state index in [-0.39, 0.29) is 12.7 Å². The minimum atomic E-state index is -0.284. The number of nitrogens with zero attached hydrogens (tertiary/aromatic N) is 2. The van der Waals surface area contributed by atoms with E-state index in [1.54, 1.807) is 12.4 Å². The number of hydrogen-bond donors (Lipinski definition) is 2. The zero-order chi connectivity index (χ0) is 11.5. The fraction of sp³-hybridized carbons (Fsp3) is 0.583. The molecule has 2 heterocycles. The Balaban J connectivity index is 2.18. The van der Waals surface area contributed by atoms with Gasteiger partial charge in [-0.3, -0.25) is 4.98 Å². The first-order chi connectivity index (χ1) is 7.72. The lowest BCUT2D eigenvalue weighted by Crippen LogP contribution is -2.43. The third kappa shape index (κ3) is 2.18. The Bertz CT molecular complexity index is 357. The van der Waals surface area contributed by atoms with Gasteiger partial charge in [0.05, 0.1) is 12.7 Å². The van der Waals surface area contributed by atoms with Crippen molar-refractivity contribution in [3.63, 3.8) is 0 Å². The van der Waals surface area contributed by atoms with Crippen LogP contribution in [0.4, 0.5) is 5.69 Å². The van der Waals surface area contributed by atoms with Crippen molar-refractivity contribution in [3.05, 3.63) is 24.0 Å². The van der Waals surface area contributed by atoms with Gasteiger partial charge in [-0.05, 0) is 18.4 Å². The smallest absolute Gasteiger partial charge is 0.0741 e. The van der Waals surface area contributed by atoms with Crippen LogP contribution in [0.3, 0.4) is 0 Å². The largest absolute Gasteiger partial charge is 0.392 e. The van der Waals surface area contributed by atoms with Gasteiger partial charge in [-0.15, -0.1) is 0 Å². The molecule has 88 valence electrons. The highest BCUT2D eigenvalue weighted by Gasteiger charge is 2.25. The molecule has 0 bridgehead atoms. The molecule has 2 atom stereocenters. The number of pyridine rings is 1. The van der Waals surface area contributed by atoms with E-state index in [1.807, 2.05) is 6.07 Å². The van der Waals surface area contributed by atoms with Crippen molar-refractivity contribution in [2.75, 3.05) is 18.0 Å². The number of β-amino-alcohol motifs (C(OH)–C–C–N with tert-alkyl or cyclic N) is 1. The summed E-state index contributed by atoms with van der Waals surface area (Å²) in [6.07, 6.45) is 4.10. The number of hydrogen-bond acceptors (Lipinski definition) is 4. The predicted molar refractivity (Wildman–Crippen MR) is 62.2 cm³/mol. The summed E-state index contributed by atoms with van der Waals surface area (Å²) in [5.41, 5.74) is 1.81. The van der Waals surface area contributed by atoms with Crippen molar-refractivity contribution in [3.8, 4) is 0 Å². The van der Waals surface area contributed by atoms with Crippen molar-refractivity contribution in [2.45, 2.75) is 26.1 Å². The summed E-state index contributed by atoms with van der Waals surface area (Å²) in [7, 11) is 0. The average molecular weight is 222 g/mol. The van der Waals surface area contributed by atoms with Crippen LogP contribution in [0.25, 0.3) is 0 Å². The average Bonchev–Trinajstić information content (AvgIpc) is 2.32. The summed E-state index contributed by atoms with van der Waals surface area (Å²) < 4.78 is 0. The van der Waals surface area contributed by atoms with Crippen molar-refractivity contribution in [1.82, 2.24) is 4.98 Å². The van der Waals surface area contributed by atoms with Crippen LogP contribution in [0.1, 0.15) is 18.9 Å². The molecule has 2 rings (SSSR count). The standard InChI is InChI=1S/C12H18N2O2/c1-9-3-5-14(7-12(9)16)11-2-4-13-6-10(11)8-15/h2,4,6,9,12,15-16H,3,5,7-8H2,1H3. The Morgan fingerprint density at radius 1 is 1.56 bits per heavy atom. The number of aliphatic hydroxyl groups excluding tert-OH is 2. The van der Waals surface area contributed by atoms with E-state index < -0.39 is 0 Å². The molecule has 1 aliphatic heterocycles. The molecule has 1 fully saturated rings. The van der Waals surface area contributed by atoms with Crippen molar-refractivity contribution in [1.29, 1.82) is 0 Å². The Morgan fingerprint density at radius 3 is 3.06 bits per heavy atom. The number of anilines is 1. The lowest BCUT2D eigenvalue weighted by molar-refractivity contribution is 0.103. The van der Waals surface area contributed by atoms with Crippen LogP contribution >= 0.6 is 0 Å². The monoisotopic (exact) mass is 222 g/mol. The second-order valence-electron chi connectivity index (χ2n) is 4.44. The van der Waals surface area contributed by atoms with Gasteiger partial charge in [0, 0.05) is 36.7 Å². The Kier molecular flexibility index (Phi) is 3.41. The zero-order valence-corrected chi connectivity index (χ0v) is 9.50. The first kappa shape index (κ1) is 11.4. The first-order valence-corrected chi connectivity index (χ1v) is 5.69. The van der Waals surface area contributed by atoms with Crippen LogP contribution in [0.5, 0.6) is 0 Å². The molecule has 0 aliphatic carbocycles. The molecular weight excluding hydrogens is 204 g/mol.